The molecule has 0 bridgehead atoms. The van der Waals surface area contributed by atoms with E-state index in [0.29, 0.717) is 34.7 Å². The summed E-state index contributed by atoms with van der Waals surface area (Å²) >= 11 is 0. The van der Waals surface area contributed by atoms with Crippen molar-refractivity contribution in [3.05, 3.63) is 102 Å². The normalized spacial score (nSPS) is 10.9. The van der Waals surface area contributed by atoms with E-state index in [4.69, 9.17) is 9.15 Å². The van der Waals surface area contributed by atoms with Gasteiger partial charge in [0.25, 0.3) is 5.91 Å². The van der Waals surface area contributed by atoms with Crippen molar-refractivity contribution in [2.24, 2.45) is 0 Å². The molecule has 0 spiro atoms. The van der Waals surface area contributed by atoms with Crippen LogP contribution in [0.3, 0.4) is 0 Å². The van der Waals surface area contributed by atoms with Gasteiger partial charge in [0, 0.05) is 5.39 Å². The number of para-hydroxylation sites is 3. The molecule has 35 heavy (non-hydrogen) atoms. The van der Waals surface area contributed by atoms with Crippen molar-refractivity contribution < 1.29 is 18.7 Å². The van der Waals surface area contributed by atoms with E-state index in [2.05, 4.69) is 10.6 Å². The fraction of sp³-hybridized carbons (Fsp3) is 0.103. The Balaban J connectivity index is 1.45. The molecule has 0 saturated carbocycles. The maximum atomic E-state index is 13.3. The predicted octanol–water partition coefficient (Wildman–Crippen LogP) is 6.42. The van der Waals surface area contributed by atoms with Crippen LogP contribution in [0.25, 0.3) is 21.7 Å². The van der Waals surface area contributed by atoms with Crippen LogP contribution in [0.1, 0.15) is 23.0 Å². The first-order valence-corrected chi connectivity index (χ1v) is 11.4. The van der Waals surface area contributed by atoms with Crippen LogP contribution in [0.2, 0.25) is 0 Å². The zero-order valence-electron chi connectivity index (χ0n) is 19.2. The standard InChI is InChI=1S/C29H24N2O4/c1-2-34-25-17-8-6-15-23(25)30-29(33)28-27(22-14-5-7-16-24(22)35-28)31-26(32)18-20-12-9-11-19-10-3-4-13-21(19)20/h3-17H,2,18H2,1H3,(H,30,33)(H,31,32). The summed E-state index contributed by atoms with van der Waals surface area (Å²) in [6.45, 7) is 2.34. The van der Waals surface area contributed by atoms with Gasteiger partial charge in [-0.25, -0.2) is 0 Å². The van der Waals surface area contributed by atoms with Crippen LogP contribution in [0.15, 0.2) is 95.4 Å². The highest BCUT2D eigenvalue weighted by atomic mass is 16.5. The molecule has 6 nitrogen and oxygen atoms in total. The number of carbonyl (C=O) groups is 2. The summed E-state index contributed by atoms with van der Waals surface area (Å²) in [5, 5.41) is 8.52. The van der Waals surface area contributed by atoms with Gasteiger partial charge in [-0.3, -0.25) is 9.59 Å². The number of amides is 2. The molecule has 0 aliphatic carbocycles. The lowest BCUT2D eigenvalue weighted by molar-refractivity contribution is -0.115. The maximum Gasteiger partial charge on any atom is 0.293 e. The first kappa shape index (κ1) is 22.2. The van der Waals surface area contributed by atoms with E-state index in [1.54, 1.807) is 18.2 Å². The number of anilines is 2. The Morgan fingerprint density at radius 3 is 2.37 bits per heavy atom. The lowest BCUT2D eigenvalue weighted by Gasteiger charge is -2.11. The number of fused-ring (bicyclic) bond motifs is 2. The van der Waals surface area contributed by atoms with E-state index >= 15 is 0 Å². The highest BCUT2D eigenvalue weighted by molar-refractivity contribution is 6.15. The Morgan fingerprint density at radius 2 is 1.51 bits per heavy atom. The van der Waals surface area contributed by atoms with E-state index in [1.165, 1.54) is 0 Å². The van der Waals surface area contributed by atoms with Gasteiger partial charge in [-0.2, -0.15) is 0 Å². The molecular formula is C29H24N2O4. The average Bonchev–Trinajstić information content (AvgIpc) is 3.24. The van der Waals surface area contributed by atoms with Crippen LogP contribution in [0.5, 0.6) is 5.75 Å². The van der Waals surface area contributed by atoms with Gasteiger partial charge in [-0.15, -0.1) is 0 Å². The maximum absolute atomic E-state index is 13.3. The molecule has 0 aliphatic heterocycles. The summed E-state index contributed by atoms with van der Waals surface area (Å²) in [7, 11) is 0. The molecule has 0 aliphatic rings. The molecule has 0 saturated heterocycles. The third-order valence-corrected chi connectivity index (χ3v) is 5.73. The SMILES string of the molecule is CCOc1ccccc1NC(=O)c1oc2ccccc2c1NC(=O)Cc1cccc2ccccc12. The van der Waals surface area contributed by atoms with Crippen LogP contribution >= 0.6 is 0 Å². The fourth-order valence-electron chi connectivity index (χ4n) is 4.16. The summed E-state index contributed by atoms with van der Waals surface area (Å²) in [4.78, 5) is 26.4. The third kappa shape index (κ3) is 4.59. The quantitative estimate of drug-likeness (QED) is 0.291. The van der Waals surface area contributed by atoms with Crippen molar-refractivity contribution in [2.75, 3.05) is 17.2 Å². The molecule has 4 aromatic carbocycles. The van der Waals surface area contributed by atoms with Gasteiger partial charge in [0.2, 0.25) is 11.7 Å². The van der Waals surface area contributed by atoms with Crippen molar-refractivity contribution >= 4 is 44.9 Å². The number of furan rings is 1. The second-order valence-corrected chi connectivity index (χ2v) is 8.05. The molecular weight excluding hydrogens is 440 g/mol. The number of nitrogens with one attached hydrogen (secondary N) is 2. The van der Waals surface area contributed by atoms with Crippen molar-refractivity contribution in [1.29, 1.82) is 0 Å². The second kappa shape index (κ2) is 9.73. The monoisotopic (exact) mass is 464 g/mol. The molecule has 0 fully saturated rings. The van der Waals surface area contributed by atoms with E-state index in [-0.39, 0.29) is 18.1 Å². The van der Waals surface area contributed by atoms with E-state index in [9.17, 15) is 9.59 Å². The van der Waals surface area contributed by atoms with Gasteiger partial charge < -0.3 is 19.8 Å². The first-order chi connectivity index (χ1) is 17.1. The molecule has 5 rings (SSSR count). The van der Waals surface area contributed by atoms with E-state index < -0.39 is 5.91 Å². The molecule has 0 radical (unpaired) electrons. The van der Waals surface area contributed by atoms with Crippen LogP contribution in [0.4, 0.5) is 11.4 Å². The van der Waals surface area contributed by atoms with Crippen molar-refractivity contribution in [3.63, 3.8) is 0 Å². The summed E-state index contributed by atoms with van der Waals surface area (Å²) < 4.78 is 11.5. The van der Waals surface area contributed by atoms with Gasteiger partial charge in [0.1, 0.15) is 17.0 Å². The highest BCUT2D eigenvalue weighted by Gasteiger charge is 2.23. The molecule has 0 atom stereocenters. The predicted molar refractivity (Wildman–Crippen MR) is 138 cm³/mol. The van der Waals surface area contributed by atoms with Crippen LogP contribution in [-0.4, -0.2) is 18.4 Å². The number of ether oxygens (including phenoxy) is 1. The minimum Gasteiger partial charge on any atom is -0.492 e. The molecule has 0 unspecified atom stereocenters. The molecule has 2 N–H and O–H groups in total. The zero-order chi connectivity index (χ0) is 24.2. The van der Waals surface area contributed by atoms with Gasteiger partial charge in [0.05, 0.1) is 18.7 Å². The smallest absolute Gasteiger partial charge is 0.293 e. The zero-order valence-corrected chi connectivity index (χ0v) is 19.2. The lowest BCUT2D eigenvalue weighted by atomic mass is 10.0. The number of rotatable bonds is 7. The summed E-state index contributed by atoms with van der Waals surface area (Å²) in [6, 6.07) is 28.3. The summed E-state index contributed by atoms with van der Waals surface area (Å²) in [5.41, 5.74) is 2.28. The van der Waals surface area contributed by atoms with Gasteiger partial charge in [-0.1, -0.05) is 66.7 Å². The molecule has 5 aromatic rings. The summed E-state index contributed by atoms with van der Waals surface area (Å²) in [6.07, 6.45) is 0.162. The number of hydrogen-bond donors (Lipinski definition) is 2. The second-order valence-electron chi connectivity index (χ2n) is 8.05. The Kier molecular flexibility index (Phi) is 6.18. The summed E-state index contributed by atoms with van der Waals surface area (Å²) in [5.74, 6) is -0.129. The Hall–Kier alpha value is -4.58. The minimum atomic E-state index is -0.478. The largest absolute Gasteiger partial charge is 0.492 e. The number of benzene rings is 4. The molecule has 6 heteroatoms. The van der Waals surface area contributed by atoms with Gasteiger partial charge >= 0.3 is 0 Å². The van der Waals surface area contributed by atoms with Gasteiger partial charge in [0.15, 0.2) is 0 Å². The Labute approximate surface area is 202 Å². The minimum absolute atomic E-state index is 0.0313. The van der Waals surface area contributed by atoms with E-state index in [1.807, 2.05) is 79.7 Å². The third-order valence-electron chi connectivity index (χ3n) is 5.73. The first-order valence-electron chi connectivity index (χ1n) is 11.4. The fourth-order valence-corrected chi connectivity index (χ4v) is 4.16. The lowest BCUT2D eigenvalue weighted by Crippen LogP contribution is -2.19. The molecule has 2 amide bonds. The van der Waals surface area contributed by atoms with Crippen LogP contribution in [0, 0.1) is 0 Å². The van der Waals surface area contributed by atoms with Crippen LogP contribution in [-0.2, 0) is 11.2 Å². The number of carbonyl (C=O) groups excluding carboxylic acids is 2. The Bertz CT molecular complexity index is 1530. The highest BCUT2D eigenvalue weighted by Crippen LogP contribution is 2.33. The Morgan fingerprint density at radius 1 is 0.800 bits per heavy atom. The van der Waals surface area contributed by atoms with Crippen molar-refractivity contribution in [1.82, 2.24) is 0 Å². The topological polar surface area (TPSA) is 80.6 Å². The molecule has 174 valence electrons. The molecule has 1 heterocycles. The van der Waals surface area contributed by atoms with Crippen molar-refractivity contribution in [2.45, 2.75) is 13.3 Å². The van der Waals surface area contributed by atoms with E-state index in [0.717, 1.165) is 16.3 Å². The van der Waals surface area contributed by atoms with Crippen LogP contribution < -0.4 is 15.4 Å². The average molecular weight is 465 g/mol. The van der Waals surface area contributed by atoms with Gasteiger partial charge in [-0.05, 0) is 47.5 Å². The number of hydrogen-bond acceptors (Lipinski definition) is 4. The van der Waals surface area contributed by atoms with Crippen molar-refractivity contribution in [3.8, 4) is 5.75 Å². The molecule has 1 aromatic heterocycles.